The molecule has 1 saturated heterocycles. The van der Waals surface area contributed by atoms with Gasteiger partial charge < -0.3 is 9.80 Å². The van der Waals surface area contributed by atoms with E-state index < -0.39 is 0 Å². The van der Waals surface area contributed by atoms with Gasteiger partial charge in [-0.3, -0.25) is 9.59 Å². The Labute approximate surface area is 144 Å². The van der Waals surface area contributed by atoms with E-state index in [4.69, 9.17) is 0 Å². The van der Waals surface area contributed by atoms with Gasteiger partial charge in [0.1, 0.15) is 0 Å². The molecule has 0 N–H and O–H groups in total. The van der Waals surface area contributed by atoms with Crippen LogP contribution >= 0.6 is 0 Å². The fraction of sp³-hybridized carbons (Fsp3) is 0.500. The predicted molar refractivity (Wildman–Crippen MR) is 96.0 cm³/mol. The van der Waals surface area contributed by atoms with Gasteiger partial charge in [0.2, 0.25) is 11.8 Å². The number of carbonyl (C=O) groups excluding carboxylic acids is 2. The van der Waals surface area contributed by atoms with E-state index in [9.17, 15) is 9.59 Å². The molecule has 0 spiro atoms. The molecule has 2 heterocycles. The van der Waals surface area contributed by atoms with Crippen LogP contribution in [0.2, 0.25) is 0 Å². The maximum atomic E-state index is 13.0. The lowest BCUT2D eigenvalue weighted by Gasteiger charge is -2.36. The zero-order valence-electron chi connectivity index (χ0n) is 14.5. The van der Waals surface area contributed by atoms with Crippen LogP contribution in [0.4, 0.5) is 5.69 Å². The molecule has 0 saturated carbocycles. The van der Waals surface area contributed by atoms with Gasteiger partial charge in [-0.25, -0.2) is 0 Å². The van der Waals surface area contributed by atoms with E-state index in [2.05, 4.69) is 31.7 Å². The Kier molecular flexibility index (Phi) is 5.03. The summed E-state index contributed by atoms with van der Waals surface area (Å²) in [6, 6.07) is 6.50. The van der Waals surface area contributed by atoms with Crippen LogP contribution in [0.15, 0.2) is 30.9 Å². The van der Waals surface area contributed by atoms with Crippen LogP contribution < -0.4 is 4.90 Å². The Morgan fingerprint density at radius 2 is 2.00 bits per heavy atom. The summed E-state index contributed by atoms with van der Waals surface area (Å²) in [4.78, 5) is 28.5. The molecule has 1 aromatic rings. The van der Waals surface area contributed by atoms with Crippen LogP contribution in [-0.4, -0.2) is 36.3 Å². The number of aryl methyl sites for hydroxylation is 2. The lowest BCUT2D eigenvalue weighted by atomic mass is 9.92. The van der Waals surface area contributed by atoms with Crippen LogP contribution in [0, 0.1) is 5.92 Å². The Morgan fingerprint density at radius 3 is 2.67 bits per heavy atom. The second-order valence-electron chi connectivity index (χ2n) is 6.71. The molecule has 4 heteroatoms. The first kappa shape index (κ1) is 16.7. The minimum Gasteiger partial charge on any atom is -0.339 e. The minimum absolute atomic E-state index is 0.0238. The number of rotatable bonds is 3. The van der Waals surface area contributed by atoms with Crippen molar-refractivity contribution in [3.63, 3.8) is 0 Å². The Bertz CT molecular complexity index is 645. The largest absolute Gasteiger partial charge is 0.339 e. The number of nitrogens with zero attached hydrogens (tertiary/aromatic N) is 2. The van der Waals surface area contributed by atoms with E-state index in [1.165, 1.54) is 17.2 Å². The van der Waals surface area contributed by atoms with Crippen molar-refractivity contribution in [3.05, 3.63) is 42.0 Å². The number of piperidine rings is 1. The summed E-state index contributed by atoms with van der Waals surface area (Å²) >= 11 is 0. The molecule has 24 heavy (non-hydrogen) atoms. The molecule has 4 nitrogen and oxygen atoms in total. The van der Waals surface area contributed by atoms with E-state index in [-0.39, 0.29) is 17.7 Å². The predicted octanol–water partition coefficient (Wildman–Crippen LogP) is 2.95. The summed E-state index contributed by atoms with van der Waals surface area (Å²) in [5.74, 6) is 0.220. The Morgan fingerprint density at radius 1 is 1.25 bits per heavy atom. The molecule has 128 valence electrons. The molecule has 2 aliphatic rings. The second kappa shape index (κ2) is 7.20. The number of amides is 2. The van der Waals surface area contributed by atoms with Crippen molar-refractivity contribution >= 4 is 17.5 Å². The normalized spacial score (nSPS) is 18.2. The summed E-state index contributed by atoms with van der Waals surface area (Å²) in [6.45, 7) is 7.80. The van der Waals surface area contributed by atoms with Crippen LogP contribution in [0.1, 0.15) is 37.3 Å². The molecule has 0 atom stereocenters. The number of carbonyl (C=O) groups is 2. The summed E-state index contributed by atoms with van der Waals surface area (Å²) in [6.07, 6.45) is 5.96. The number of likely N-dealkylation sites (tertiary alicyclic amines) is 1. The van der Waals surface area contributed by atoms with Crippen molar-refractivity contribution in [1.29, 1.82) is 0 Å². The smallest absolute Gasteiger partial charge is 0.245 e. The second-order valence-corrected chi connectivity index (χ2v) is 6.71. The summed E-state index contributed by atoms with van der Waals surface area (Å²) in [7, 11) is 0. The molecular weight excluding hydrogens is 300 g/mol. The van der Waals surface area contributed by atoms with Gasteiger partial charge in [0.05, 0.1) is 0 Å². The third kappa shape index (κ3) is 3.23. The van der Waals surface area contributed by atoms with E-state index in [0.717, 1.165) is 44.3 Å². The van der Waals surface area contributed by atoms with Crippen molar-refractivity contribution in [3.8, 4) is 0 Å². The SMILES string of the molecule is C=CC(=O)N1CCC(C(=O)N2CCCc3cc(CC)ccc32)CC1. The molecule has 0 aromatic heterocycles. The highest BCUT2D eigenvalue weighted by atomic mass is 16.2. The van der Waals surface area contributed by atoms with E-state index in [1.807, 2.05) is 4.90 Å². The number of hydrogen-bond donors (Lipinski definition) is 0. The van der Waals surface area contributed by atoms with Gasteiger partial charge in [-0.1, -0.05) is 25.6 Å². The average molecular weight is 326 g/mol. The zero-order valence-corrected chi connectivity index (χ0v) is 14.5. The van der Waals surface area contributed by atoms with E-state index >= 15 is 0 Å². The molecule has 1 aromatic carbocycles. The number of benzene rings is 1. The fourth-order valence-electron chi connectivity index (χ4n) is 3.80. The lowest BCUT2D eigenvalue weighted by molar-refractivity contribution is -0.131. The minimum atomic E-state index is -0.0312. The number of hydrogen-bond acceptors (Lipinski definition) is 2. The van der Waals surface area contributed by atoms with Gasteiger partial charge in [-0.2, -0.15) is 0 Å². The van der Waals surface area contributed by atoms with Crippen molar-refractivity contribution in [2.45, 2.75) is 39.0 Å². The van der Waals surface area contributed by atoms with Gasteiger partial charge in [-0.05, 0) is 55.4 Å². The van der Waals surface area contributed by atoms with Crippen molar-refractivity contribution in [2.24, 2.45) is 5.92 Å². The molecule has 2 amide bonds. The topological polar surface area (TPSA) is 40.6 Å². The van der Waals surface area contributed by atoms with Crippen molar-refractivity contribution in [2.75, 3.05) is 24.5 Å². The highest BCUT2D eigenvalue weighted by molar-refractivity contribution is 5.96. The molecule has 0 radical (unpaired) electrons. The number of fused-ring (bicyclic) bond motifs is 1. The molecule has 0 aliphatic carbocycles. The van der Waals surface area contributed by atoms with Crippen LogP contribution in [-0.2, 0) is 22.4 Å². The first-order valence-corrected chi connectivity index (χ1v) is 8.98. The first-order chi connectivity index (χ1) is 11.6. The Balaban J connectivity index is 1.71. The van der Waals surface area contributed by atoms with Crippen LogP contribution in [0.5, 0.6) is 0 Å². The molecular formula is C20H26N2O2. The zero-order chi connectivity index (χ0) is 17.1. The lowest BCUT2D eigenvalue weighted by Crippen LogP contribution is -2.45. The summed E-state index contributed by atoms with van der Waals surface area (Å²) in [5.41, 5.74) is 3.72. The highest BCUT2D eigenvalue weighted by Gasteiger charge is 2.32. The molecule has 0 bridgehead atoms. The maximum absolute atomic E-state index is 13.0. The Hall–Kier alpha value is -2.10. The fourth-order valence-corrected chi connectivity index (χ4v) is 3.80. The quantitative estimate of drug-likeness (QED) is 0.801. The first-order valence-electron chi connectivity index (χ1n) is 8.98. The third-order valence-corrected chi connectivity index (χ3v) is 5.27. The molecule has 2 aliphatic heterocycles. The molecule has 1 fully saturated rings. The average Bonchev–Trinajstić information content (AvgIpc) is 2.65. The van der Waals surface area contributed by atoms with Gasteiger partial charge in [0.25, 0.3) is 0 Å². The van der Waals surface area contributed by atoms with Gasteiger partial charge >= 0.3 is 0 Å². The third-order valence-electron chi connectivity index (χ3n) is 5.27. The maximum Gasteiger partial charge on any atom is 0.245 e. The monoisotopic (exact) mass is 326 g/mol. The summed E-state index contributed by atoms with van der Waals surface area (Å²) in [5, 5.41) is 0. The molecule has 3 rings (SSSR count). The van der Waals surface area contributed by atoms with Crippen molar-refractivity contribution < 1.29 is 9.59 Å². The van der Waals surface area contributed by atoms with Gasteiger partial charge in [0, 0.05) is 31.2 Å². The van der Waals surface area contributed by atoms with Crippen LogP contribution in [0.3, 0.4) is 0 Å². The van der Waals surface area contributed by atoms with E-state index in [0.29, 0.717) is 13.1 Å². The number of anilines is 1. The highest BCUT2D eigenvalue weighted by Crippen LogP contribution is 2.31. The summed E-state index contributed by atoms with van der Waals surface area (Å²) < 4.78 is 0. The van der Waals surface area contributed by atoms with Crippen molar-refractivity contribution in [1.82, 2.24) is 4.90 Å². The van der Waals surface area contributed by atoms with E-state index in [1.54, 1.807) is 4.90 Å². The standard InChI is InChI=1S/C20H26N2O2/c1-3-15-7-8-18-17(14-15)6-5-11-22(18)20(24)16-9-12-21(13-10-16)19(23)4-2/h4,7-8,14,16H,2-3,5-6,9-13H2,1H3. The van der Waals surface area contributed by atoms with Crippen LogP contribution in [0.25, 0.3) is 0 Å². The van der Waals surface area contributed by atoms with Gasteiger partial charge in [-0.15, -0.1) is 0 Å². The van der Waals surface area contributed by atoms with Gasteiger partial charge in [0.15, 0.2) is 0 Å². The molecule has 0 unspecified atom stereocenters.